The number of aryl methyl sites for hydroxylation is 1. The lowest BCUT2D eigenvalue weighted by Crippen LogP contribution is -2.42. The molecule has 1 heterocycles. The summed E-state index contributed by atoms with van der Waals surface area (Å²) in [7, 11) is 0. The van der Waals surface area contributed by atoms with Gasteiger partial charge in [-0.25, -0.2) is 4.79 Å². The molecule has 1 aromatic carbocycles. The maximum Gasteiger partial charge on any atom is 0.345 e. The number of nitro groups is 1. The van der Waals surface area contributed by atoms with Crippen molar-refractivity contribution in [2.75, 3.05) is 13.1 Å². The fraction of sp³-hybridized carbons (Fsp3) is 0.562. The van der Waals surface area contributed by atoms with Crippen LogP contribution >= 0.6 is 0 Å². The van der Waals surface area contributed by atoms with Gasteiger partial charge in [-0.3, -0.25) is 10.1 Å². The lowest BCUT2D eigenvalue weighted by Gasteiger charge is -2.36. The van der Waals surface area contributed by atoms with Gasteiger partial charge < -0.3 is 10.1 Å². The zero-order valence-electron chi connectivity index (χ0n) is 13.2. The highest BCUT2D eigenvalue weighted by molar-refractivity contribution is 5.94. The molecule has 0 saturated carbocycles. The van der Waals surface area contributed by atoms with Gasteiger partial charge in [-0.1, -0.05) is 6.07 Å². The molecule has 22 heavy (non-hydrogen) atoms. The summed E-state index contributed by atoms with van der Waals surface area (Å²) in [5.41, 5.74) is -0.0440. The molecular formula is C16H22N2O4. The van der Waals surface area contributed by atoms with Crippen molar-refractivity contribution in [1.82, 2.24) is 5.32 Å². The summed E-state index contributed by atoms with van der Waals surface area (Å²) < 4.78 is 5.64. The average Bonchev–Trinajstić information content (AvgIpc) is 2.47. The highest BCUT2D eigenvalue weighted by Crippen LogP contribution is 2.31. The number of hydrogen-bond acceptors (Lipinski definition) is 5. The molecule has 0 atom stereocenters. The van der Waals surface area contributed by atoms with Gasteiger partial charge in [0.15, 0.2) is 0 Å². The van der Waals surface area contributed by atoms with Crippen molar-refractivity contribution >= 4 is 11.7 Å². The van der Waals surface area contributed by atoms with E-state index in [4.69, 9.17) is 4.74 Å². The van der Waals surface area contributed by atoms with Crippen molar-refractivity contribution in [2.45, 2.75) is 39.2 Å². The molecule has 1 aliphatic heterocycles. The predicted octanol–water partition coefficient (Wildman–Crippen LogP) is 2.84. The van der Waals surface area contributed by atoms with Gasteiger partial charge in [0, 0.05) is 12.0 Å². The average molecular weight is 306 g/mol. The number of esters is 1. The minimum absolute atomic E-state index is 0.0204. The van der Waals surface area contributed by atoms with E-state index in [9.17, 15) is 14.9 Å². The van der Waals surface area contributed by atoms with E-state index in [1.165, 1.54) is 12.1 Å². The Morgan fingerprint density at radius 2 is 2.00 bits per heavy atom. The maximum absolute atomic E-state index is 12.4. The second-order valence-corrected chi connectivity index (χ2v) is 6.29. The first-order valence-electron chi connectivity index (χ1n) is 7.50. The van der Waals surface area contributed by atoms with Crippen molar-refractivity contribution in [3.05, 3.63) is 39.4 Å². The second-order valence-electron chi connectivity index (χ2n) is 6.29. The predicted molar refractivity (Wildman–Crippen MR) is 82.9 cm³/mol. The molecule has 120 valence electrons. The standard InChI is InChI=1S/C16H22N2O4/c1-11-4-5-14(18(20)21)13(10-11)15(19)22-16(2,3)12-6-8-17-9-7-12/h4-5,10,12,17H,6-9H2,1-3H3. The molecule has 0 spiro atoms. The topological polar surface area (TPSA) is 81.5 Å². The molecule has 1 aromatic rings. The van der Waals surface area contributed by atoms with Crippen LogP contribution in [-0.4, -0.2) is 29.6 Å². The van der Waals surface area contributed by atoms with E-state index in [2.05, 4.69) is 5.32 Å². The van der Waals surface area contributed by atoms with Gasteiger partial charge in [0.1, 0.15) is 11.2 Å². The van der Waals surface area contributed by atoms with E-state index in [1.807, 2.05) is 13.8 Å². The van der Waals surface area contributed by atoms with Crippen LogP contribution in [0.25, 0.3) is 0 Å². The van der Waals surface area contributed by atoms with E-state index in [0.29, 0.717) is 0 Å². The number of rotatable bonds is 4. The molecule has 1 fully saturated rings. The Hall–Kier alpha value is -1.95. The summed E-state index contributed by atoms with van der Waals surface area (Å²) in [6, 6.07) is 4.48. The first-order chi connectivity index (χ1) is 10.3. The Morgan fingerprint density at radius 1 is 1.36 bits per heavy atom. The molecule has 0 aliphatic carbocycles. The molecular weight excluding hydrogens is 284 g/mol. The van der Waals surface area contributed by atoms with Crippen molar-refractivity contribution < 1.29 is 14.5 Å². The first kappa shape index (κ1) is 16.4. The minimum Gasteiger partial charge on any atom is -0.456 e. The van der Waals surface area contributed by atoms with Crippen LogP contribution in [0.1, 0.15) is 42.6 Å². The highest BCUT2D eigenvalue weighted by Gasteiger charge is 2.35. The van der Waals surface area contributed by atoms with Crippen molar-refractivity contribution in [3.63, 3.8) is 0 Å². The summed E-state index contributed by atoms with van der Waals surface area (Å²) >= 11 is 0. The van der Waals surface area contributed by atoms with E-state index < -0.39 is 16.5 Å². The number of ether oxygens (including phenoxy) is 1. The van der Waals surface area contributed by atoms with Gasteiger partial charge in [-0.05, 0) is 58.3 Å². The molecule has 1 saturated heterocycles. The lowest BCUT2D eigenvalue weighted by molar-refractivity contribution is -0.385. The third-order valence-corrected chi connectivity index (χ3v) is 4.25. The Labute approximate surface area is 130 Å². The SMILES string of the molecule is Cc1ccc([N+](=O)[O-])c(C(=O)OC(C)(C)C2CCNCC2)c1. The van der Waals surface area contributed by atoms with E-state index in [1.54, 1.807) is 13.0 Å². The van der Waals surface area contributed by atoms with Crippen LogP contribution in [-0.2, 0) is 4.74 Å². The number of piperidine rings is 1. The molecule has 0 bridgehead atoms. The summed E-state index contributed by atoms with van der Waals surface area (Å²) in [6.07, 6.45) is 1.85. The quantitative estimate of drug-likeness (QED) is 0.525. The van der Waals surface area contributed by atoms with Crippen molar-refractivity contribution in [3.8, 4) is 0 Å². The first-order valence-corrected chi connectivity index (χ1v) is 7.50. The fourth-order valence-corrected chi connectivity index (χ4v) is 2.87. The van der Waals surface area contributed by atoms with Gasteiger partial charge in [0.05, 0.1) is 4.92 Å². The van der Waals surface area contributed by atoms with Crippen LogP contribution < -0.4 is 5.32 Å². The number of nitrogens with zero attached hydrogens (tertiary/aromatic N) is 1. The molecule has 0 unspecified atom stereocenters. The zero-order chi connectivity index (χ0) is 16.3. The van der Waals surface area contributed by atoms with Gasteiger partial charge in [-0.15, -0.1) is 0 Å². The van der Waals surface area contributed by atoms with Crippen molar-refractivity contribution in [2.24, 2.45) is 5.92 Å². The van der Waals surface area contributed by atoms with Gasteiger partial charge in [0.25, 0.3) is 5.69 Å². The molecule has 0 amide bonds. The summed E-state index contributed by atoms with van der Waals surface area (Å²) in [4.78, 5) is 23.0. The normalized spacial score (nSPS) is 16.3. The van der Waals surface area contributed by atoms with Crippen LogP contribution in [0.4, 0.5) is 5.69 Å². The molecule has 6 heteroatoms. The van der Waals surface area contributed by atoms with E-state index >= 15 is 0 Å². The van der Waals surface area contributed by atoms with Crippen LogP contribution in [0, 0.1) is 23.0 Å². The smallest absolute Gasteiger partial charge is 0.345 e. The molecule has 0 radical (unpaired) electrons. The van der Waals surface area contributed by atoms with Gasteiger partial charge >= 0.3 is 5.97 Å². The van der Waals surface area contributed by atoms with E-state index in [0.717, 1.165) is 31.5 Å². The third-order valence-electron chi connectivity index (χ3n) is 4.25. The number of hydrogen-bond donors (Lipinski definition) is 1. The summed E-state index contributed by atoms with van der Waals surface area (Å²) in [5.74, 6) is -0.375. The Balaban J connectivity index is 2.21. The molecule has 6 nitrogen and oxygen atoms in total. The van der Waals surface area contributed by atoms with Gasteiger partial charge in [0.2, 0.25) is 0 Å². The van der Waals surface area contributed by atoms with Gasteiger partial charge in [-0.2, -0.15) is 0 Å². The monoisotopic (exact) mass is 306 g/mol. The molecule has 1 aliphatic rings. The van der Waals surface area contributed by atoms with Crippen molar-refractivity contribution in [1.29, 1.82) is 0 Å². The van der Waals surface area contributed by atoms with E-state index in [-0.39, 0.29) is 17.2 Å². The Morgan fingerprint density at radius 3 is 2.59 bits per heavy atom. The van der Waals surface area contributed by atoms with Crippen LogP contribution in [0.3, 0.4) is 0 Å². The summed E-state index contributed by atoms with van der Waals surface area (Å²) in [5, 5.41) is 14.4. The maximum atomic E-state index is 12.4. The molecule has 0 aromatic heterocycles. The number of benzene rings is 1. The zero-order valence-corrected chi connectivity index (χ0v) is 13.2. The minimum atomic E-state index is -0.642. The summed E-state index contributed by atoms with van der Waals surface area (Å²) in [6.45, 7) is 7.34. The second kappa shape index (κ2) is 6.44. The number of carbonyl (C=O) groups is 1. The number of nitro benzene ring substituents is 1. The Bertz CT molecular complexity index is 578. The lowest BCUT2D eigenvalue weighted by atomic mass is 9.83. The number of nitrogens with one attached hydrogen (secondary N) is 1. The van der Waals surface area contributed by atoms with Crippen LogP contribution in [0.5, 0.6) is 0 Å². The molecule has 2 rings (SSSR count). The Kier molecular flexibility index (Phi) is 4.81. The molecule has 1 N–H and O–H groups in total. The largest absolute Gasteiger partial charge is 0.456 e. The third kappa shape index (κ3) is 3.62. The van der Waals surface area contributed by atoms with Crippen LogP contribution in [0.2, 0.25) is 0 Å². The number of carbonyl (C=O) groups excluding carboxylic acids is 1. The fourth-order valence-electron chi connectivity index (χ4n) is 2.87. The highest BCUT2D eigenvalue weighted by atomic mass is 16.6. The van der Waals surface area contributed by atoms with Crippen LogP contribution in [0.15, 0.2) is 18.2 Å².